The standard InChI is InChI=1S/C9H10N2O4/c1-3-15-9(12)8-6(2)4-10-5-7(8)11(13)14/h4-5H,3H2,1-2H3. The number of nitrogens with zero attached hydrogens (tertiary/aromatic N) is 2. The molecule has 1 heterocycles. The van der Waals surface area contributed by atoms with E-state index in [1.54, 1.807) is 13.8 Å². The molecular formula is C9H10N2O4. The predicted octanol–water partition coefficient (Wildman–Crippen LogP) is 1.47. The third kappa shape index (κ3) is 2.28. The molecule has 0 radical (unpaired) electrons. The number of esters is 1. The summed E-state index contributed by atoms with van der Waals surface area (Å²) in [6.07, 6.45) is 2.43. The maximum absolute atomic E-state index is 11.4. The molecule has 0 bridgehead atoms. The smallest absolute Gasteiger partial charge is 0.345 e. The number of hydrogen-bond acceptors (Lipinski definition) is 5. The number of ether oxygens (including phenoxy) is 1. The van der Waals surface area contributed by atoms with E-state index in [1.807, 2.05) is 0 Å². The molecule has 0 spiro atoms. The Hall–Kier alpha value is -1.98. The van der Waals surface area contributed by atoms with Crippen LogP contribution >= 0.6 is 0 Å². The van der Waals surface area contributed by atoms with E-state index in [4.69, 9.17) is 4.74 Å². The Labute approximate surface area is 86.0 Å². The number of rotatable bonds is 3. The Morgan fingerprint density at radius 2 is 2.27 bits per heavy atom. The molecule has 0 aliphatic rings. The van der Waals surface area contributed by atoms with Crippen molar-refractivity contribution in [1.29, 1.82) is 0 Å². The van der Waals surface area contributed by atoms with Crippen LogP contribution in [0.25, 0.3) is 0 Å². The zero-order chi connectivity index (χ0) is 11.4. The molecule has 6 nitrogen and oxygen atoms in total. The highest BCUT2D eigenvalue weighted by atomic mass is 16.6. The molecule has 6 heteroatoms. The molecule has 0 aliphatic heterocycles. The van der Waals surface area contributed by atoms with Crippen LogP contribution in [-0.2, 0) is 4.74 Å². The highest BCUT2D eigenvalue weighted by Crippen LogP contribution is 2.21. The fraction of sp³-hybridized carbons (Fsp3) is 0.333. The number of pyridine rings is 1. The fourth-order valence-corrected chi connectivity index (χ4v) is 1.16. The van der Waals surface area contributed by atoms with Crippen molar-refractivity contribution in [3.8, 4) is 0 Å². The van der Waals surface area contributed by atoms with Crippen molar-refractivity contribution in [1.82, 2.24) is 4.98 Å². The van der Waals surface area contributed by atoms with Crippen molar-refractivity contribution in [2.75, 3.05) is 6.61 Å². The van der Waals surface area contributed by atoms with E-state index in [0.29, 0.717) is 5.56 Å². The number of aryl methyl sites for hydroxylation is 1. The van der Waals surface area contributed by atoms with Crippen molar-refractivity contribution < 1.29 is 14.5 Å². The van der Waals surface area contributed by atoms with Crippen LogP contribution in [0.1, 0.15) is 22.8 Å². The third-order valence-electron chi connectivity index (χ3n) is 1.79. The van der Waals surface area contributed by atoms with E-state index in [9.17, 15) is 14.9 Å². The molecule has 0 unspecified atom stereocenters. The van der Waals surface area contributed by atoms with Gasteiger partial charge in [0.25, 0.3) is 0 Å². The maximum Gasteiger partial charge on any atom is 0.345 e. The SMILES string of the molecule is CCOC(=O)c1c(C)cncc1[N+](=O)[O-]. The molecule has 80 valence electrons. The Balaban J connectivity index is 3.24. The van der Waals surface area contributed by atoms with Gasteiger partial charge < -0.3 is 4.74 Å². The first-order valence-electron chi connectivity index (χ1n) is 4.34. The minimum absolute atomic E-state index is 0.0307. The zero-order valence-electron chi connectivity index (χ0n) is 8.39. The molecular weight excluding hydrogens is 200 g/mol. The average Bonchev–Trinajstić information content (AvgIpc) is 2.17. The Bertz CT molecular complexity index is 403. The van der Waals surface area contributed by atoms with Gasteiger partial charge in [-0.1, -0.05) is 0 Å². The maximum atomic E-state index is 11.4. The molecule has 0 N–H and O–H groups in total. The van der Waals surface area contributed by atoms with Crippen LogP contribution in [0.5, 0.6) is 0 Å². The second-order valence-corrected chi connectivity index (χ2v) is 2.83. The molecule has 0 amide bonds. The fourth-order valence-electron chi connectivity index (χ4n) is 1.16. The number of hydrogen-bond donors (Lipinski definition) is 0. The molecule has 0 saturated carbocycles. The second kappa shape index (κ2) is 4.50. The zero-order valence-corrected chi connectivity index (χ0v) is 8.39. The van der Waals surface area contributed by atoms with E-state index in [2.05, 4.69) is 4.98 Å². The van der Waals surface area contributed by atoms with Crippen molar-refractivity contribution in [2.24, 2.45) is 0 Å². The van der Waals surface area contributed by atoms with E-state index in [1.165, 1.54) is 6.20 Å². The van der Waals surface area contributed by atoms with Gasteiger partial charge in [0, 0.05) is 6.20 Å². The van der Waals surface area contributed by atoms with Crippen molar-refractivity contribution in [2.45, 2.75) is 13.8 Å². The Morgan fingerprint density at radius 1 is 1.60 bits per heavy atom. The first-order chi connectivity index (χ1) is 7.07. The summed E-state index contributed by atoms with van der Waals surface area (Å²) in [5, 5.41) is 10.6. The van der Waals surface area contributed by atoms with Crippen LogP contribution in [0.3, 0.4) is 0 Å². The highest BCUT2D eigenvalue weighted by Gasteiger charge is 2.23. The number of aromatic nitrogens is 1. The van der Waals surface area contributed by atoms with Crippen molar-refractivity contribution in [3.05, 3.63) is 33.6 Å². The minimum Gasteiger partial charge on any atom is -0.462 e. The van der Waals surface area contributed by atoms with Crippen molar-refractivity contribution >= 4 is 11.7 Å². The van der Waals surface area contributed by atoms with Gasteiger partial charge in [-0.2, -0.15) is 0 Å². The van der Waals surface area contributed by atoms with E-state index in [-0.39, 0.29) is 17.9 Å². The summed E-state index contributed by atoms with van der Waals surface area (Å²) in [4.78, 5) is 25.1. The van der Waals surface area contributed by atoms with Gasteiger partial charge in [0.1, 0.15) is 11.8 Å². The van der Waals surface area contributed by atoms with Gasteiger partial charge in [-0.15, -0.1) is 0 Å². The molecule has 0 aliphatic carbocycles. The summed E-state index contributed by atoms with van der Waals surface area (Å²) in [6.45, 7) is 3.39. The van der Waals surface area contributed by atoms with Gasteiger partial charge in [-0.25, -0.2) is 4.79 Å². The van der Waals surface area contributed by atoms with Crippen LogP contribution in [-0.4, -0.2) is 22.5 Å². The van der Waals surface area contributed by atoms with Gasteiger partial charge in [-0.3, -0.25) is 15.1 Å². The van der Waals surface area contributed by atoms with Crippen LogP contribution < -0.4 is 0 Å². The van der Waals surface area contributed by atoms with Crippen LogP contribution in [0.4, 0.5) is 5.69 Å². The number of carbonyl (C=O) groups is 1. The van der Waals surface area contributed by atoms with Crippen LogP contribution in [0.15, 0.2) is 12.4 Å². The summed E-state index contributed by atoms with van der Waals surface area (Å²) < 4.78 is 4.73. The lowest BCUT2D eigenvalue weighted by molar-refractivity contribution is -0.385. The molecule has 1 aromatic rings. The third-order valence-corrected chi connectivity index (χ3v) is 1.79. The Morgan fingerprint density at radius 3 is 2.80 bits per heavy atom. The number of carbonyl (C=O) groups excluding carboxylic acids is 1. The summed E-state index contributed by atoms with van der Waals surface area (Å²) >= 11 is 0. The molecule has 15 heavy (non-hydrogen) atoms. The van der Waals surface area contributed by atoms with Gasteiger partial charge in [0.2, 0.25) is 0 Å². The molecule has 0 atom stereocenters. The number of nitro groups is 1. The van der Waals surface area contributed by atoms with Crippen LogP contribution in [0, 0.1) is 17.0 Å². The van der Waals surface area contributed by atoms with Gasteiger partial charge in [0.15, 0.2) is 0 Å². The first-order valence-corrected chi connectivity index (χ1v) is 4.34. The molecule has 0 saturated heterocycles. The van der Waals surface area contributed by atoms with Crippen LogP contribution in [0.2, 0.25) is 0 Å². The predicted molar refractivity (Wildman–Crippen MR) is 51.6 cm³/mol. The van der Waals surface area contributed by atoms with Gasteiger partial charge in [0.05, 0.1) is 11.5 Å². The summed E-state index contributed by atoms with van der Waals surface area (Å²) in [5.41, 5.74) is 0.0768. The lowest BCUT2D eigenvalue weighted by Crippen LogP contribution is -2.10. The van der Waals surface area contributed by atoms with Gasteiger partial charge in [-0.05, 0) is 19.4 Å². The van der Waals surface area contributed by atoms with Gasteiger partial charge >= 0.3 is 11.7 Å². The first kappa shape index (κ1) is 11.1. The summed E-state index contributed by atoms with van der Waals surface area (Å²) in [6, 6.07) is 0. The topological polar surface area (TPSA) is 82.3 Å². The van der Waals surface area contributed by atoms with Crippen molar-refractivity contribution in [3.63, 3.8) is 0 Å². The normalized spacial score (nSPS) is 9.73. The lowest BCUT2D eigenvalue weighted by atomic mass is 10.1. The summed E-state index contributed by atoms with van der Waals surface area (Å²) in [7, 11) is 0. The monoisotopic (exact) mass is 210 g/mol. The van der Waals surface area contributed by atoms with E-state index >= 15 is 0 Å². The van der Waals surface area contributed by atoms with E-state index < -0.39 is 10.9 Å². The minimum atomic E-state index is -0.691. The largest absolute Gasteiger partial charge is 0.462 e. The molecule has 0 aromatic carbocycles. The van der Waals surface area contributed by atoms with E-state index in [0.717, 1.165) is 6.20 Å². The molecule has 1 aromatic heterocycles. The lowest BCUT2D eigenvalue weighted by Gasteiger charge is -2.04. The second-order valence-electron chi connectivity index (χ2n) is 2.83. The Kier molecular flexibility index (Phi) is 3.33. The molecule has 0 fully saturated rings. The summed E-state index contributed by atoms with van der Waals surface area (Å²) in [5.74, 6) is -0.691. The quantitative estimate of drug-likeness (QED) is 0.428. The molecule has 1 rings (SSSR count). The highest BCUT2D eigenvalue weighted by molar-refractivity contribution is 5.95. The average molecular weight is 210 g/mol.